The molecular formula is C19H21N3O3S. The normalized spacial score (nSPS) is 14.8. The van der Waals surface area contributed by atoms with Gasteiger partial charge in [-0.2, -0.15) is 8.42 Å². The molecule has 0 unspecified atom stereocenters. The number of anilines is 2. The third-order valence-corrected chi connectivity index (χ3v) is 5.48. The number of benzene rings is 2. The molecule has 26 heavy (non-hydrogen) atoms. The van der Waals surface area contributed by atoms with Crippen molar-refractivity contribution in [3.05, 3.63) is 53.1 Å². The number of rotatable bonds is 4. The van der Waals surface area contributed by atoms with Gasteiger partial charge in [0.2, 0.25) is 0 Å². The molecule has 0 aliphatic carbocycles. The minimum Gasteiger partial charge on any atom is -0.331 e. The van der Waals surface area contributed by atoms with Gasteiger partial charge in [0.25, 0.3) is 15.9 Å². The molecule has 0 saturated heterocycles. The first-order valence-corrected chi connectivity index (χ1v) is 9.85. The fourth-order valence-electron chi connectivity index (χ4n) is 2.90. The van der Waals surface area contributed by atoms with Crippen LogP contribution < -0.4 is 10.2 Å². The van der Waals surface area contributed by atoms with Crippen LogP contribution in [0.4, 0.5) is 11.4 Å². The number of hydrogen-bond acceptors (Lipinski definition) is 4. The van der Waals surface area contributed by atoms with Crippen molar-refractivity contribution in [1.82, 2.24) is 0 Å². The van der Waals surface area contributed by atoms with Gasteiger partial charge in [-0.1, -0.05) is 24.6 Å². The summed E-state index contributed by atoms with van der Waals surface area (Å²) < 4.78 is 28.2. The smallest absolute Gasteiger partial charge is 0.285 e. The number of carbonyl (C=O) groups is 1. The topological polar surface area (TPSA) is 78.8 Å². The van der Waals surface area contributed by atoms with Gasteiger partial charge in [0.05, 0.1) is 5.69 Å². The highest BCUT2D eigenvalue weighted by molar-refractivity contribution is 7.90. The van der Waals surface area contributed by atoms with Crippen molar-refractivity contribution in [3.8, 4) is 0 Å². The molecule has 0 fully saturated rings. The van der Waals surface area contributed by atoms with Gasteiger partial charge in [-0.15, -0.1) is 4.40 Å². The van der Waals surface area contributed by atoms with Crippen LogP contribution >= 0.6 is 0 Å². The van der Waals surface area contributed by atoms with Crippen molar-refractivity contribution in [3.63, 3.8) is 0 Å². The van der Waals surface area contributed by atoms with Gasteiger partial charge in [0.15, 0.2) is 0 Å². The molecule has 0 radical (unpaired) electrons. The highest BCUT2D eigenvalue weighted by Gasteiger charge is 2.26. The van der Waals surface area contributed by atoms with Crippen molar-refractivity contribution in [2.75, 3.05) is 16.8 Å². The first kappa shape index (κ1) is 18.1. The number of sulfonamides is 1. The zero-order valence-electron chi connectivity index (χ0n) is 15.0. The Morgan fingerprint density at radius 2 is 1.92 bits per heavy atom. The Kier molecular flexibility index (Phi) is 4.82. The molecule has 1 amide bonds. The van der Waals surface area contributed by atoms with Crippen molar-refractivity contribution >= 4 is 33.6 Å². The summed E-state index contributed by atoms with van der Waals surface area (Å²) in [7, 11) is -3.79. The van der Waals surface area contributed by atoms with Gasteiger partial charge in [-0.3, -0.25) is 4.79 Å². The Morgan fingerprint density at radius 1 is 1.15 bits per heavy atom. The van der Waals surface area contributed by atoms with Crippen molar-refractivity contribution < 1.29 is 13.2 Å². The fraction of sp³-hybridized carbons (Fsp3) is 0.263. The van der Waals surface area contributed by atoms with E-state index >= 15 is 0 Å². The number of nitrogens with zero attached hydrogens (tertiary/aromatic N) is 2. The van der Waals surface area contributed by atoms with Crippen molar-refractivity contribution in [2.45, 2.75) is 32.1 Å². The van der Waals surface area contributed by atoms with Gasteiger partial charge >= 0.3 is 0 Å². The largest absolute Gasteiger partial charge is 0.331 e. The Bertz CT molecular complexity index is 997. The van der Waals surface area contributed by atoms with Crippen LogP contribution in [0.5, 0.6) is 0 Å². The molecule has 0 spiro atoms. The maximum Gasteiger partial charge on any atom is 0.285 e. The highest BCUT2D eigenvalue weighted by Crippen LogP contribution is 2.31. The fourth-order valence-corrected chi connectivity index (χ4v) is 3.98. The second-order valence-corrected chi connectivity index (χ2v) is 7.95. The van der Waals surface area contributed by atoms with E-state index in [9.17, 15) is 13.2 Å². The average molecular weight is 371 g/mol. The number of amides is 1. The molecule has 1 N–H and O–H groups in total. The summed E-state index contributed by atoms with van der Waals surface area (Å²) in [6.07, 6.45) is 2.18. The lowest BCUT2D eigenvalue weighted by molar-refractivity contribution is 0.102. The van der Waals surface area contributed by atoms with Crippen LogP contribution in [0.25, 0.3) is 0 Å². The first-order valence-electron chi connectivity index (χ1n) is 8.41. The highest BCUT2D eigenvalue weighted by atomic mass is 32.2. The van der Waals surface area contributed by atoms with E-state index in [0.717, 1.165) is 17.5 Å². The van der Waals surface area contributed by atoms with Gasteiger partial charge in [-0.05, 0) is 50.1 Å². The lowest BCUT2D eigenvalue weighted by Crippen LogP contribution is -2.28. The molecule has 0 saturated carbocycles. The van der Waals surface area contributed by atoms with Crippen LogP contribution in [-0.4, -0.2) is 27.2 Å². The number of fused-ring (bicyclic) bond motifs is 1. The van der Waals surface area contributed by atoms with Gasteiger partial charge < -0.3 is 10.2 Å². The van der Waals surface area contributed by atoms with E-state index in [1.807, 2.05) is 39.0 Å². The van der Waals surface area contributed by atoms with Gasteiger partial charge in [-0.25, -0.2) is 0 Å². The quantitative estimate of drug-likeness (QED) is 0.892. The molecule has 2 aromatic carbocycles. The summed E-state index contributed by atoms with van der Waals surface area (Å²) in [6.45, 7) is 6.55. The summed E-state index contributed by atoms with van der Waals surface area (Å²) in [4.78, 5) is 14.4. The number of hydrogen-bond donors (Lipinski definition) is 1. The summed E-state index contributed by atoms with van der Waals surface area (Å²) in [6, 6.07) is 10.4. The van der Waals surface area contributed by atoms with E-state index in [1.54, 1.807) is 17.0 Å². The van der Waals surface area contributed by atoms with Crippen molar-refractivity contribution in [2.24, 2.45) is 4.40 Å². The molecule has 136 valence electrons. The predicted molar refractivity (Wildman–Crippen MR) is 104 cm³/mol. The average Bonchev–Trinajstić information content (AvgIpc) is 2.60. The number of nitrogens with one attached hydrogen (secondary N) is 1. The van der Waals surface area contributed by atoms with E-state index < -0.39 is 10.0 Å². The lowest BCUT2D eigenvalue weighted by Gasteiger charge is -2.25. The number of carbonyl (C=O) groups excluding carboxylic acids is 1. The SMILES string of the molecule is CCCN1C=NS(=O)(=O)c2cc(C(=O)Nc3ccc(C)cc3C)ccc21. The molecule has 3 rings (SSSR count). The molecule has 1 heterocycles. The molecule has 0 bridgehead atoms. The Hall–Kier alpha value is -2.67. The summed E-state index contributed by atoms with van der Waals surface area (Å²) in [5.41, 5.74) is 3.58. The molecular weight excluding hydrogens is 350 g/mol. The molecule has 2 aromatic rings. The maximum absolute atomic E-state index is 12.6. The zero-order valence-corrected chi connectivity index (χ0v) is 15.8. The number of aryl methyl sites for hydroxylation is 2. The third-order valence-electron chi connectivity index (χ3n) is 4.23. The molecule has 0 atom stereocenters. The van der Waals surface area contributed by atoms with Crippen LogP contribution in [0, 0.1) is 13.8 Å². The van der Waals surface area contributed by atoms with E-state index in [2.05, 4.69) is 9.71 Å². The van der Waals surface area contributed by atoms with Gasteiger partial charge in [0.1, 0.15) is 11.2 Å². The van der Waals surface area contributed by atoms with Crippen LogP contribution in [0.15, 0.2) is 45.7 Å². The second kappa shape index (κ2) is 6.92. The standard InChI is InChI=1S/C19H21N3O3S/c1-4-9-22-12-20-26(24,25)18-11-15(6-8-17(18)22)19(23)21-16-7-5-13(2)10-14(16)3/h5-8,10-12H,4,9H2,1-3H3,(H,21,23). The Balaban J connectivity index is 1.94. The molecule has 0 aromatic heterocycles. The summed E-state index contributed by atoms with van der Waals surface area (Å²) in [5.74, 6) is -0.355. The lowest BCUT2D eigenvalue weighted by atomic mass is 10.1. The molecule has 7 heteroatoms. The molecule has 1 aliphatic rings. The van der Waals surface area contributed by atoms with E-state index in [1.165, 1.54) is 12.4 Å². The zero-order chi connectivity index (χ0) is 18.9. The summed E-state index contributed by atoms with van der Waals surface area (Å²) >= 11 is 0. The van der Waals surface area contributed by atoms with Gasteiger partial charge in [0, 0.05) is 17.8 Å². The van der Waals surface area contributed by atoms with Crippen LogP contribution in [0.1, 0.15) is 34.8 Å². The van der Waals surface area contributed by atoms with Crippen LogP contribution in [-0.2, 0) is 10.0 Å². The minimum absolute atomic E-state index is 0.0572. The third kappa shape index (κ3) is 3.48. The van der Waals surface area contributed by atoms with E-state index in [-0.39, 0.29) is 16.4 Å². The van der Waals surface area contributed by atoms with E-state index in [4.69, 9.17) is 0 Å². The minimum atomic E-state index is -3.79. The Morgan fingerprint density at radius 3 is 2.62 bits per heavy atom. The predicted octanol–water partition coefficient (Wildman–Crippen LogP) is 3.50. The van der Waals surface area contributed by atoms with Crippen LogP contribution in [0.2, 0.25) is 0 Å². The maximum atomic E-state index is 12.6. The van der Waals surface area contributed by atoms with Crippen LogP contribution in [0.3, 0.4) is 0 Å². The second-order valence-electron chi connectivity index (χ2n) is 6.34. The first-order chi connectivity index (χ1) is 12.3. The molecule has 1 aliphatic heterocycles. The monoisotopic (exact) mass is 371 g/mol. The Labute approximate surface area is 153 Å². The molecule has 6 nitrogen and oxygen atoms in total. The van der Waals surface area contributed by atoms with Crippen molar-refractivity contribution in [1.29, 1.82) is 0 Å². The summed E-state index contributed by atoms with van der Waals surface area (Å²) in [5, 5.41) is 2.84. The van der Waals surface area contributed by atoms with E-state index in [0.29, 0.717) is 17.9 Å².